The molecule has 0 radical (unpaired) electrons. The van der Waals surface area contributed by atoms with E-state index in [0.29, 0.717) is 13.0 Å². The topological polar surface area (TPSA) is 73.1 Å². The molecule has 2 N–H and O–H groups in total. The van der Waals surface area contributed by atoms with Gasteiger partial charge in [0.15, 0.2) is 0 Å². The molecular weight excluding hydrogens is 144 g/mol. The zero-order chi connectivity index (χ0) is 8.69. The number of nitrogens with zero attached hydrogens (tertiary/aromatic N) is 1. The molecule has 0 bridgehead atoms. The third-order valence-corrected chi connectivity index (χ3v) is 1.21. The summed E-state index contributed by atoms with van der Waals surface area (Å²) in [6.45, 7) is 2.32. The van der Waals surface area contributed by atoms with Crippen molar-refractivity contribution in [1.29, 1.82) is 5.26 Å². The molecule has 62 valence electrons. The van der Waals surface area contributed by atoms with Gasteiger partial charge in [0.1, 0.15) is 0 Å². The third-order valence-electron chi connectivity index (χ3n) is 1.21. The number of aliphatic carboxylic acids is 1. The summed E-state index contributed by atoms with van der Waals surface area (Å²) in [7, 11) is 0. The predicted octanol–water partition coefficient (Wildman–Crippen LogP) is 0.353. The van der Waals surface area contributed by atoms with Crippen LogP contribution in [0.3, 0.4) is 0 Å². The van der Waals surface area contributed by atoms with Gasteiger partial charge in [-0.3, -0.25) is 4.79 Å². The van der Waals surface area contributed by atoms with E-state index in [1.807, 2.05) is 6.07 Å². The minimum Gasteiger partial charge on any atom is -0.481 e. The van der Waals surface area contributed by atoms with Gasteiger partial charge in [0.2, 0.25) is 0 Å². The second-order valence-corrected chi connectivity index (χ2v) is 2.30. The average molecular weight is 156 g/mol. The van der Waals surface area contributed by atoms with Gasteiger partial charge in [-0.2, -0.15) is 5.26 Å². The highest BCUT2D eigenvalue weighted by molar-refractivity contribution is 5.66. The summed E-state index contributed by atoms with van der Waals surface area (Å²) in [4.78, 5) is 10.0. The second kappa shape index (κ2) is 5.69. The Morgan fingerprint density at radius 1 is 1.82 bits per heavy atom. The molecule has 1 atom stereocenters. The smallest absolute Gasteiger partial charge is 0.303 e. The molecule has 0 fully saturated rings. The predicted molar refractivity (Wildman–Crippen MR) is 39.9 cm³/mol. The van der Waals surface area contributed by atoms with Crippen LogP contribution in [0, 0.1) is 11.3 Å². The molecule has 0 saturated heterocycles. The Bertz CT molecular complexity index is 162. The third kappa shape index (κ3) is 6.81. The molecule has 0 aliphatic heterocycles. The number of carboxylic acids is 1. The van der Waals surface area contributed by atoms with Crippen molar-refractivity contribution >= 4 is 5.97 Å². The van der Waals surface area contributed by atoms with Crippen LogP contribution in [0.15, 0.2) is 0 Å². The highest BCUT2D eigenvalue weighted by Crippen LogP contribution is 1.87. The minimum absolute atomic E-state index is 0.158. The lowest BCUT2D eigenvalue weighted by molar-refractivity contribution is -0.137. The highest BCUT2D eigenvalue weighted by Gasteiger charge is 1.98. The Morgan fingerprint density at radius 2 is 2.45 bits per heavy atom. The average Bonchev–Trinajstić information content (AvgIpc) is 1.97. The van der Waals surface area contributed by atoms with Gasteiger partial charge < -0.3 is 10.4 Å². The van der Waals surface area contributed by atoms with Crippen LogP contribution in [0.1, 0.15) is 19.8 Å². The van der Waals surface area contributed by atoms with Crippen molar-refractivity contribution in [1.82, 2.24) is 5.32 Å². The maximum absolute atomic E-state index is 10.0. The van der Waals surface area contributed by atoms with Crippen LogP contribution in [0.5, 0.6) is 0 Å². The van der Waals surface area contributed by atoms with E-state index in [1.54, 1.807) is 6.92 Å². The molecular formula is C7H12N2O2. The summed E-state index contributed by atoms with van der Waals surface area (Å²) in [5, 5.41) is 19.4. The van der Waals surface area contributed by atoms with Gasteiger partial charge in [-0.15, -0.1) is 0 Å². The Hall–Kier alpha value is -1.08. The molecule has 1 unspecified atom stereocenters. The molecule has 0 saturated carbocycles. The monoisotopic (exact) mass is 156 g/mol. The maximum atomic E-state index is 10.0. The number of carboxylic acid groups (broad SMARTS) is 1. The largest absolute Gasteiger partial charge is 0.481 e. The van der Waals surface area contributed by atoms with E-state index >= 15 is 0 Å². The van der Waals surface area contributed by atoms with E-state index in [2.05, 4.69) is 5.32 Å². The van der Waals surface area contributed by atoms with E-state index in [4.69, 9.17) is 10.4 Å². The van der Waals surface area contributed by atoms with Crippen molar-refractivity contribution in [2.75, 3.05) is 6.54 Å². The maximum Gasteiger partial charge on any atom is 0.303 e. The first kappa shape index (κ1) is 9.92. The SMILES string of the molecule is CC(C#N)NCCCC(=O)O. The van der Waals surface area contributed by atoms with Crippen LogP contribution in [0.2, 0.25) is 0 Å². The van der Waals surface area contributed by atoms with Crippen molar-refractivity contribution in [2.24, 2.45) is 0 Å². The number of hydrogen-bond donors (Lipinski definition) is 2. The molecule has 11 heavy (non-hydrogen) atoms. The lowest BCUT2D eigenvalue weighted by Crippen LogP contribution is -2.25. The van der Waals surface area contributed by atoms with Crippen LogP contribution in [0.4, 0.5) is 0 Å². The van der Waals surface area contributed by atoms with Crippen LogP contribution < -0.4 is 5.32 Å². The van der Waals surface area contributed by atoms with E-state index in [-0.39, 0.29) is 12.5 Å². The first-order valence-electron chi connectivity index (χ1n) is 3.51. The molecule has 0 spiro atoms. The molecule has 4 nitrogen and oxygen atoms in total. The van der Waals surface area contributed by atoms with E-state index < -0.39 is 5.97 Å². The van der Waals surface area contributed by atoms with Gasteiger partial charge in [-0.05, 0) is 19.9 Å². The van der Waals surface area contributed by atoms with Crippen molar-refractivity contribution in [3.8, 4) is 6.07 Å². The lowest BCUT2D eigenvalue weighted by Gasteiger charge is -2.03. The molecule has 0 rings (SSSR count). The first-order chi connectivity index (χ1) is 5.16. The standard InChI is InChI=1S/C7H12N2O2/c1-6(5-8)9-4-2-3-7(10)11/h6,9H,2-4H2,1H3,(H,10,11). The Kier molecular flexibility index (Phi) is 5.13. The number of nitriles is 1. The lowest BCUT2D eigenvalue weighted by atomic mass is 10.3. The summed E-state index contributed by atoms with van der Waals surface area (Å²) in [5.41, 5.74) is 0. The molecule has 0 aromatic carbocycles. The molecule has 0 aromatic rings. The number of rotatable bonds is 5. The molecule has 4 heteroatoms. The number of nitrogens with one attached hydrogen (secondary N) is 1. The summed E-state index contributed by atoms with van der Waals surface area (Å²) in [5.74, 6) is -0.795. The Labute approximate surface area is 65.8 Å². The van der Waals surface area contributed by atoms with Crippen molar-refractivity contribution in [2.45, 2.75) is 25.8 Å². The Balaban J connectivity index is 3.16. The van der Waals surface area contributed by atoms with Gasteiger partial charge in [0, 0.05) is 6.42 Å². The molecule has 0 aromatic heterocycles. The van der Waals surface area contributed by atoms with Gasteiger partial charge in [-0.1, -0.05) is 0 Å². The minimum atomic E-state index is -0.795. The van der Waals surface area contributed by atoms with Gasteiger partial charge in [0.25, 0.3) is 0 Å². The quantitative estimate of drug-likeness (QED) is 0.563. The van der Waals surface area contributed by atoms with E-state index in [0.717, 1.165) is 0 Å². The summed E-state index contributed by atoms with van der Waals surface area (Å²) >= 11 is 0. The number of hydrogen-bond acceptors (Lipinski definition) is 3. The number of carbonyl (C=O) groups is 1. The van der Waals surface area contributed by atoms with Gasteiger partial charge in [0.05, 0.1) is 12.1 Å². The van der Waals surface area contributed by atoms with Crippen molar-refractivity contribution < 1.29 is 9.90 Å². The van der Waals surface area contributed by atoms with E-state index in [1.165, 1.54) is 0 Å². The zero-order valence-corrected chi connectivity index (χ0v) is 6.50. The van der Waals surface area contributed by atoms with Crippen LogP contribution in [0.25, 0.3) is 0 Å². The summed E-state index contributed by atoms with van der Waals surface area (Å²) in [6, 6.07) is 1.80. The first-order valence-corrected chi connectivity index (χ1v) is 3.51. The van der Waals surface area contributed by atoms with Crippen LogP contribution in [-0.2, 0) is 4.79 Å². The Morgan fingerprint density at radius 3 is 2.91 bits per heavy atom. The van der Waals surface area contributed by atoms with Gasteiger partial charge >= 0.3 is 5.97 Å². The normalized spacial score (nSPS) is 12.0. The van der Waals surface area contributed by atoms with Crippen molar-refractivity contribution in [3.05, 3.63) is 0 Å². The molecule has 0 amide bonds. The molecule has 0 aliphatic carbocycles. The van der Waals surface area contributed by atoms with Gasteiger partial charge in [-0.25, -0.2) is 0 Å². The van der Waals surface area contributed by atoms with Crippen molar-refractivity contribution in [3.63, 3.8) is 0 Å². The summed E-state index contributed by atoms with van der Waals surface area (Å²) in [6.07, 6.45) is 0.729. The second-order valence-electron chi connectivity index (χ2n) is 2.30. The molecule has 0 aliphatic rings. The highest BCUT2D eigenvalue weighted by atomic mass is 16.4. The zero-order valence-electron chi connectivity index (χ0n) is 6.50. The van der Waals surface area contributed by atoms with Crippen LogP contribution >= 0.6 is 0 Å². The van der Waals surface area contributed by atoms with E-state index in [9.17, 15) is 4.79 Å². The summed E-state index contributed by atoms with van der Waals surface area (Å²) < 4.78 is 0. The van der Waals surface area contributed by atoms with Crippen LogP contribution in [-0.4, -0.2) is 23.7 Å². The fourth-order valence-electron chi connectivity index (χ4n) is 0.604. The fourth-order valence-corrected chi connectivity index (χ4v) is 0.604. The molecule has 0 heterocycles. The fraction of sp³-hybridized carbons (Fsp3) is 0.714.